The van der Waals surface area contributed by atoms with Gasteiger partial charge in [-0.3, -0.25) is 5.41 Å². The Morgan fingerprint density at radius 3 is 2.67 bits per heavy atom. The molecule has 134 valence electrons. The highest BCUT2D eigenvalue weighted by Gasteiger charge is 2.11. The number of nitrogens with one attached hydrogen (secondary N) is 2. The van der Waals surface area contributed by atoms with E-state index in [1.807, 2.05) is 0 Å². The fourth-order valence-electron chi connectivity index (χ4n) is 1.44. The van der Waals surface area contributed by atoms with Crippen molar-refractivity contribution in [2.75, 3.05) is 20.7 Å². The molecule has 0 saturated heterocycles. The Balaban J connectivity index is 0.00000529. The van der Waals surface area contributed by atoms with Gasteiger partial charge in [-0.2, -0.15) is 13.5 Å². The Bertz CT molecular complexity index is 583. The monoisotopic (exact) mass is 375 g/mol. The van der Waals surface area contributed by atoms with Crippen LogP contribution >= 0.6 is 25.7 Å². The molecule has 0 aromatic heterocycles. The van der Waals surface area contributed by atoms with Gasteiger partial charge in [-0.15, -0.1) is 0 Å². The molecule has 0 spiro atoms. The maximum absolute atomic E-state index is 13.6. The zero-order valence-electron chi connectivity index (χ0n) is 13.8. The molecule has 24 heavy (non-hydrogen) atoms. The van der Waals surface area contributed by atoms with Crippen molar-refractivity contribution in [2.45, 2.75) is 13.5 Å². The van der Waals surface area contributed by atoms with Crippen LogP contribution in [0.4, 0.5) is 4.39 Å². The van der Waals surface area contributed by atoms with Crippen molar-refractivity contribution >= 4 is 37.4 Å². The standard InChI is InChI=1S/C15H20FN3O3S.H2S/c1-4-21-15(20)13(17)9-14(22-23-19(2)3)18-10-11-7-5-6-8-12(11)16;/h5-9,17-18H,4,10H2,1-3H3;1H2/b14-9+,17-13?;. The maximum Gasteiger partial charge on any atom is 0.356 e. The van der Waals surface area contributed by atoms with E-state index in [9.17, 15) is 9.18 Å². The lowest BCUT2D eigenvalue weighted by Gasteiger charge is -2.14. The van der Waals surface area contributed by atoms with Gasteiger partial charge >= 0.3 is 5.97 Å². The second kappa shape index (κ2) is 11.8. The molecule has 0 heterocycles. The molecule has 0 amide bonds. The summed E-state index contributed by atoms with van der Waals surface area (Å²) in [7, 11) is 3.55. The van der Waals surface area contributed by atoms with Crippen LogP contribution in [0.1, 0.15) is 12.5 Å². The van der Waals surface area contributed by atoms with Gasteiger partial charge in [0.15, 0.2) is 0 Å². The Hall–Kier alpha value is -1.71. The van der Waals surface area contributed by atoms with E-state index in [1.165, 1.54) is 12.1 Å². The van der Waals surface area contributed by atoms with Gasteiger partial charge in [0.2, 0.25) is 5.88 Å². The lowest BCUT2D eigenvalue weighted by molar-refractivity contribution is -0.135. The highest BCUT2D eigenvalue weighted by molar-refractivity contribution is 7.92. The molecule has 0 saturated carbocycles. The Morgan fingerprint density at radius 2 is 2.08 bits per heavy atom. The van der Waals surface area contributed by atoms with Crippen LogP contribution in [-0.4, -0.2) is 36.7 Å². The SMILES string of the molecule is CCOC(=O)C(=N)/C=C(\NCc1ccccc1F)OSN(C)C.S. The van der Waals surface area contributed by atoms with Crippen LogP contribution in [0, 0.1) is 11.2 Å². The molecule has 0 aliphatic heterocycles. The molecule has 0 aliphatic carbocycles. The minimum absolute atomic E-state index is 0. The summed E-state index contributed by atoms with van der Waals surface area (Å²) in [6.07, 6.45) is 1.20. The minimum Gasteiger partial charge on any atom is -0.461 e. The summed E-state index contributed by atoms with van der Waals surface area (Å²) in [4.78, 5) is 11.5. The van der Waals surface area contributed by atoms with Crippen LogP contribution < -0.4 is 5.32 Å². The summed E-state index contributed by atoms with van der Waals surface area (Å²) in [6, 6.07) is 6.32. The number of hydrogen-bond acceptors (Lipinski definition) is 7. The zero-order chi connectivity index (χ0) is 17.2. The topological polar surface area (TPSA) is 74.7 Å². The summed E-state index contributed by atoms with van der Waals surface area (Å²) >= 11 is 1.01. The fraction of sp³-hybridized carbons (Fsp3) is 0.333. The van der Waals surface area contributed by atoms with Crippen LogP contribution in [0.2, 0.25) is 0 Å². The molecule has 0 atom stereocenters. The Morgan fingerprint density at radius 1 is 1.42 bits per heavy atom. The van der Waals surface area contributed by atoms with E-state index in [-0.39, 0.29) is 44.1 Å². The normalized spacial score (nSPS) is 10.8. The van der Waals surface area contributed by atoms with Crippen LogP contribution in [0.15, 0.2) is 36.2 Å². The van der Waals surface area contributed by atoms with E-state index in [0.29, 0.717) is 5.56 Å². The molecule has 1 aromatic rings. The highest BCUT2D eigenvalue weighted by atomic mass is 32.2. The molecule has 0 radical (unpaired) electrons. The number of rotatable bonds is 9. The van der Waals surface area contributed by atoms with E-state index >= 15 is 0 Å². The van der Waals surface area contributed by atoms with Crippen molar-refractivity contribution in [3.63, 3.8) is 0 Å². The lowest BCUT2D eigenvalue weighted by Crippen LogP contribution is -2.20. The number of nitrogens with zero attached hydrogens (tertiary/aromatic N) is 1. The zero-order valence-corrected chi connectivity index (χ0v) is 15.6. The average Bonchev–Trinajstić information content (AvgIpc) is 2.51. The molecule has 9 heteroatoms. The van der Waals surface area contributed by atoms with Crippen LogP contribution in [0.25, 0.3) is 0 Å². The number of carbonyl (C=O) groups excluding carboxylic acids is 1. The van der Waals surface area contributed by atoms with Gasteiger partial charge in [0.25, 0.3) is 0 Å². The highest BCUT2D eigenvalue weighted by Crippen LogP contribution is 2.13. The first-order valence-electron chi connectivity index (χ1n) is 6.90. The summed E-state index contributed by atoms with van der Waals surface area (Å²) < 4.78 is 25.4. The molecule has 0 unspecified atom stereocenters. The largest absolute Gasteiger partial charge is 0.461 e. The average molecular weight is 375 g/mol. The summed E-state index contributed by atoms with van der Waals surface area (Å²) in [5, 5.41) is 10.5. The number of ether oxygens (including phenoxy) is 1. The van der Waals surface area contributed by atoms with E-state index in [1.54, 1.807) is 43.5 Å². The molecule has 0 bridgehead atoms. The smallest absolute Gasteiger partial charge is 0.356 e. The maximum atomic E-state index is 13.6. The van der Waals surface area contributed by atoms with Gasteiger partial charge in [-0.1, -0.05) is 18.2 Å². The second-order valence-corrected chi connectivity index (χ2v) is 5.60. The number of hydrogen-bond donors (Lipinski definition) is 2. The van der Waals surface area contributed by atoms with Crippen molar-refractivity contribution in [3.8, 4) is 0 Å². The van der Waals surface area contributed by atoms with Crippen molar-refractivity contribution in [3.05, 3.63) is 47.6 Å². The van der Waals surface area contributed by atoms with Crippen LogP contribution in [-0.2, 0) is 20.3 Å². The number of carbonyl (C=O) groups is 1. The Kier molecular flexibility index (Phi) is 10.9. The van der Waals surface area contributed by atoms with Gasteiger partial charge < -0.3 is 14.2 Å². The van der Waals surface area contributed by atoms with Gasteiger partial charge in [-0.05, 0) is 13.0 Å². The quantitative estimate of drug-likeness (QED) is 0.227. The predicted molar refractivity (Wildman–Crippen MR) is 98.4 cm³/mol. The number of esters is 1. The van der Waals surface area contributed by atoms with Crippen LogP contribution in [0.5, 0.6) is 0 Å². The first-order chi connectivity index (χ1) is 10.9. The first kappa shape index (κ1) is 22.3. The molecular formula is C15H22FN3O3S2. The summed E-state index contributed by atoms with van der Waals surface area (Å²) in [5.74, 6) is -0.943. The molecule has 0 aliphatic rings. The molecule has 6 nitrogen and oxygen atoms in total. The van der Waals surface area contributed by atoms with Crippen molar-refractivity contribution in [1.82, 2.24) is 9.62 Å². The van der Waals surface area contributed by atoms with Crippen LogP contribution in [0.3, 0.4) is 0 Å². The van der Waals surface area contributed by atoms with Crippen molar-refractivity contribution in [2.24, 2.45) is 0 Å². The molecular weight excluding hydrogens is 353 g/mol. The van der Waals surface area contributed by atoms with E-state index < -0.39 is 5.97 Å². The molecule has 0 fully saturated rings. The van der Waals surface area contributed by atoms with Gasteiger partial charge in [-0.25, -0.2) is 13.5 Å². The van der Waals surface area contributed by atoms with E-state index in [0.717, 1.165) is 12.2 Å². The third-order valence-electron chi connectivity index (χ3n) is 2.46. The predicted octanol–water partition coefficient (Wildman–Crippen LogP) is 2.59. The summed E-state index contributed by atoms with van der Waals surface area (Å²) in [5.41, 5.74) is 0.0850. The minimum atomic E-state index is -0.754. The Labute approximate surface area is 152 Å². The van der Waals surface area contributed by atoms with Gasteiger partial charge in [0.05, 0.1) is 6.61 Å². The number of benzene rings is 1. The summed E-state index contributed by atoms with van der Waals surface area (Å²) in [6.45, 7) is 1.99. The molecule has 1 rings (SSSR count). The molecule has 2 N–H and O–H groups in total. The second-order valence-electron chi connectivity index (χ2n) is 4.56. The molecule has 1 aromatic carbocycles. The van der Waals surface area contributed by atoms with E-state index in [4.69, 9.17) is 14.3 Å². The van der Waals surface area contributed by atoms with Gasteiger partial charge in [0, 0.05) is 32.3 Å². The third kappa shape index (κ3) is 8.23. The third-order valence-corrected chi connectivity index (χ3v) is 3.01. The lowest BCUT2D eigenvalue weighted by atomic mass is 10.2. The van der Waals surface area contributed by atoms with Gasteiger partial charge in [0.1, 0.15) is 23.8 Å². The van der Waals surface area contributed by atoms with Crippen molar-refractivity contribution < 1.29 is 18.1 Å². The number of halogens is 1. The fourth-order valence-corrected chi connectivity index (χ4v) is 1.78. The first-order valence-corrected chi connectivity index (χ1v) is 7.60. The van der Waals surface area contributed by atoms with E-state index in [2.05, 4.69) is 5.32 Å². The van der Waals surface area contributed by atoms with Crippen molar-refractivity contribution in [1.29, 1.82) is 5.41 Å².